The Balaban J connectivity index is 2.04. The van der Waals surface area contributed by atoms with Crippen LogP contribution in [-0.2, 0) is 4.79 Å². The minimum atomic E-state index is -0.557. The topological polar surface area (TPSA) is 58.2 Å². The number of ketones is 1. The van der Waals surface area contributed by atoms with Crippen LogP contribution >= 0.6 is 28.1 Å². The van der Waals surface area contributed by atoms with Crippen LogP contribution in [0.3, 0.4) is 0 Å². The Labute approximate surface area is 112 Å². The van der Waals surface area contributed by atoms with E-state index in [1.807, 2.05) is 0 Å². The first-order valence-electron chi connectivity index (χ1n) is 4.96. The van der Waals surface area contributed by atoms with Gasteiger partial charge in [-0.25, -0.2) is 0 Å². The van der Waals surface area contributed by atoms with Gasteiger partial charge in [0.05, 0.1) is 0 Å². The minimum Gasteiger partial charge on any atom is -0.350 e. The van der Waals surface area contributed by atoms with Gasteiger partial charge >= 0.3 is 0 Å². The third-order valence-corrected chi connectivity index (χ3v) is 3.16. The summed E-state index contributed by atoms with van der Waals surface area (Å²) >= 11 is 8.09. The van der Waals surface area contributed by atoms with Crippen LogP contribution in [-0.4, -0.2) is 22.8 Å². The molecule has 1 aliphatic rings. The number of halogens is 1. The second kappa shape index (κ2) is 4.93. The summed E-state index contributed by atoms with van der Waals surface area (Å²) in [6.07, 6.45) is 0.105. The number of benzene rings is 1. The zero-order chi connectivity index (χ0) is 12.4. The fourth-order valence-corrected chi connectivity index (χ4v) is 2.05. The summed E-state index contributed by atoms with van der Waals surface area (Å²) in [5.41, 5.74) is 0.584. The van der Waals surface area contributed by atoms with Crippen molar-refractivity contribution < 1.29 is 9.59 Å². The second-order valence-electron chi connectivity index (χ2n) is 3.65. The molecule has 88 valence electrons. The predicted octanol–water partition coefficient (Wildman–Crippen LogP) is 1.39. The third kappa shape index (κ3) is 2.89. The number of nitrogens with one attached hydrogen (secondary N) is 2. The Morgan fingerprint density at radius 2 is 2.00 bits per heavy atom. The highest BCUT2D eigenvalue weighted by Crippen LogP contribution is 2.13. The van der Waals surface area contributed by atoms with Crippen LogP contribution in [0.25, 0.3) is 0 Å². The number of Topliss-reactive ketones (excluding diaryl/α,β-unsaturated/α-hetero) is 1. The van der Waals surface area contributed by atoms with Gasteiger partial charge in [-0.2, -0.15) is 0 Å². The number of hydrogen-bond acceptors (Lipinski definition) is 3. The largest absolute Gasteiger partial charge is 0.350 e. The monoisotopic (exact) mass is 312 g/mol. The van der Waals surface area contributed by atoms with Crippen molar-refractivity contribution in [2.45, 2.75) is 12.5 Å². The van der Waals surface area contributed by atoms with Gasteiger partial charge in [-0.1, -0.05) is 28.1 Å². The molecule has 0 aromatic heterocycles. The van der Waals surface area contributed by atoms with Gasteiger partial charge < -0.3 is 10.6 Å². The fraction of sp³-hybridized carbons (Fsp3) is 0.182. The third-order valence-electron chi connectivity index (χ3n) is 2.41. The Bertz CT molecular complexity index is 487. The molecule has 17 heavy (non-hydrogen) atoms. The lowest BCUT2D eigenvalue weighted by Gasteiger charge is -2.06. The van der Waals surface area contributed by atoms with Crippen LogP contribution < -0.4 is 10.6 Å². The molecule has 1 aromatic rings. The first kappa shape index (κ1) is 12.2. The molecule has 0 saturated carbocycles. The van der Waals surface area contributed by atoms with Crippen molar-refractivity contribution in [3.05, 3.63) is 34.3 Å². The molecule has 0 spiro atoms. The highest BCUT2D eigenvalue weighted by Gasteiger charge is 2.29. The van der Waals surface area contributed by atoms with E-state index in [-0.39, 0.29) is 23.2 Å². The molecule has 1 aliphatic heterocycles. The highest BCUT2D eigenvalue weighted by molar-refractivity contribution is 9.10. The Morgan fingerprint density at radius 1 is 1.35 bits per heavy atom. The summed E-state index contributed by atoms with van der Waals surface area (Å²) in [5.74, 6) is -0.338. The summed E-state index contributed by atoms with van der Waals surface area (Å²) in [5, 5.41) is 5.49. The van der Waals surface area contributed by atoms with E-state index in [1.165, 1.54) is 0 Å². The van der Waals surface area contributed by atoms with E-state index in [2.05, 4.69) is 26.6 Å². The van der Waals surface area contributed by atoms with Gasteiger partial charge in [0.1, 0.15) is 6.04 Å². The minimum absolute atomic E-state index is 0.0881. The van der Waals surface area contributed by atoms with E-state index < -0.39 is 6.04 Å². The van der Waals surface area contributed by atoms with Crippen molar-refractivity contribution in [2.75, 3.05) is 0 Å². The van der Waals surface area contributed by atoms with Gasteiger partial charge in [-0.3, -0.25) is 9.59 Å². The maximum atomic E-state index is 11.9. The Hall–Kier alpha value is -1.27. The number of carbonyl (C=O) groups excluding carboxylic acids is 2. The quantitative estimate of drug-likeness (QED) is 0.654. The smallest absolute Gasteiger partial charge is 0.249 e. The second-order valence-corrected chi connectivity index (χ2v) is 4.97. The first-order chi connectivity index (χ1) is 8.06. The Kier molecular flexibility index (Phi) is 3.54. The number of rotatable bonds is 3. The van der Waals surface area contributed by atoms with Crippen LogP contribution in [0.5, 0.6) is 0 Å². The maximum Gasteiger partial charge on any atom is 0.249 e. The van der Waals surface area contributed by atoms with Crippen molar-refractivity contribution in [1.29, 1.82) is 0 Å². The van der Waals surface area contributed by atoms with E-state index in [9.17, 15) is 9.59 Å². The summed E-state index contributed by atoms with van der Waals surface area (Å²) < 4.78 is 0.909. The zero-order valence-corrected chi connectivity index (χ0v) is 11.1. The molecular weight excluding hydrogens is 304 g/mol. The van der Waals surface area contributed by atoms with Crippen molar-refractivity contribution in [3.63, 3.8) is 0 Å². The molecule has 1 amide bonds. The lowest BCUT2D eigenvalue weighted by Crippen LogP contribution is -2.31. The van der Waals surface area contributed by atoms with Gasteiger partial charge in [0.2, 0.25) is 5.91 Å². The summed E-state index contributed by atoms with van der Waals surface area (Å²) in [4.78, 5) is 23.3. The predicted molar refractivity (Wildman–Crippen MR) is 70.8 cm³/mol. The van der Waals surface area contributed by atoms with Gasteiger partial charge in [0.15, 0.2) is 10.9 Å². The van der Waals surface area contributed by atoms with E-state index >= 15 is 0 Å². The molecule has 1 unspecified atom stereocenters. The summed E-state index contributed by atoms with van der Waals surface area (Å²) in [6, 6.07) is 6.47. The molecular formula is C11H9BrN2O2S. The molecule has 0 aliphatic carbocycles. The van der Waals surface area contributed by atoms with Crippen molar-refractivity contribution in [3.8, 4) is 0 Å². The zero-order valence-electron chi connectivity index (χ0n) is 8.70. The number of thiocarbonyl (C=S) groups is 1. The van der Waals surface area contributed by atoms with Gasteiger partial charge in [0.25, 0.3) is 0 Å². The molecule has 1 atom stereocenters. The normalized spacial score (nSPS) is 18.8. The summed E-state index contributed by atoms with van der Waals surface area (Å²) in [7, 11) is 0. The van der Waals surface area contributed by atoms with Gasteiger partial charge in [-0.15, -0.1) is 0 Å². The van der Waals surface area contributed by atoms with Crippen LogP contribution in [0.2, 0.25) is 0 Å². The van der Waals surface area contributed by atoms with Crippen LogP contribution in [0.4, 0.5) is 0 Å². The standard InChI is InChI=1S/C11H9BrN2O2S/c12-7-3-1-6(2-4-7)9(15)5-8-10(16)14-11(17)13-8/h1-4,8H,5H2,(H2,13,14,16,17). The molecule has 1 aromatic carbocycles. The Morgan fingerprint density at radius 3 is 2.53 bits per heavy atom. The van der Waals surface area contributed by atoms with E-state index in [1.54, 1.807) is 24.3 Å². The molecule has 1 fully saturated rings. The number of amides is 1. The molecule has 0 radical (unpaired) electrons. The maximum absolute atomic E-state index is 11.9. The van der Waals surface area contributed by atoms with E-state index in [0.717, 1.165) is 4.47 Å². The average molecular weight is 313 g/mol. The van der Waals surface area contributed by atoms with Crippen molar-refractivity contribution >= 4 is 45.0 Å². The van der Waals surface area contributed by atoms with Gasteiger partial charge in [-0.05, 0) is 24.4 Å². The van der Waals surface area contributed by atoms with Crippen molar-refractivity contribution in [1.82, 2.24) is 10.6 Å². The van der Waals surface area contributed by atoms with Crippen LogP contribution in [0, 0.1) is 0 Å². The average Bonchev–Trinajstić information content (AvgIpc) is 2.58. The van der Waals surface area contributed by atoms with E-state index in [0.29, 0.717) is 5.56 Å². The highest BCUT2D eigenvalue weighted by atomic mass is 79.9. The van der Waals surface area contributed by atoms with Crippen LogP contribution in [0.15, 0.2) is 28.7 Å². The molecule has 2 N–H and O–H groups in total. The number of hydrogen-bond donors (Lipinski definition) is 2. The fourth-order valence-electron chi connectivity index (χ4n) is 1.54. The SMILES string of the molecule is O=C(CC1NC(=S)NC1=O)c1ccc(Br)cc1. The van der Waals surface area contributed by atoms with Gasteiger partial charge in [0, 0.05) is 16.5 Å². The molecule has 4 nitrogen and oxygen atoms in total. The lowest BCUT2D eigenvalue weighted by molar-refractivity contribution is -0.120. The number of carbonyl (C=O) groups is 2. The molecule has 0 bridgehead atoms. The first-order valence-corrected chi connectivity index (χ1v) is 6.16. The molecule has 1 heterocycles. The summed E-state index contributed by atoms with van der Waals surface area (Å²) in [6.45, 7) is 0. The lowest BCUT2D eigenvalue weighted by atomic mass is 10.0. The van der Waals surface area contributed by atoms with Crippen molar-refractivity contribution in [2.24, 2.45) is 0 Å². The molecule has 6 heteroatoms. The molecule has 2 rings (SSSR count). The van der Waals surface area contributed by atoms with Crippen LogP contribution in [0.1, 0.15) is 16.8 Å². The van der Waals surface area contributed by atoms with E-state index in [4.69, 9.17) is 12.2 Å². The molecule has 1 saturated heterocycles.